The molecular formula is C20H24N2O3. The number of hydrogen-bond acceptors (Lipinski definition) is 5. The van der Waals surface area contributed by atoms with Crippen molar-refractivity contribution in [1.29, 1.82) is 0 Å². The Balaban J connectivity index is 1.92. The van der Waals surface area contributed by atoms with Gasteiger partial charge in [0.05, 0.1) is 13.2 Å². The predicted octanol–water partition coefficient (Wildman–Crippen LogP) is 2.94. The molecule has 5 unspecified atom stereocenters. The Labute approximate surface area is 148 Å². The Kier molecular flexibility index (Phi) is 4.15. The summed E-state index contributed by atoms with van der Waals surface area (Å²) in [6, 6.07) is 10.6. The summed E-state index contributed by atoms with van der Waals surface area (Å²) in [6.45, 7) is 0. The number of fused-ring (bicyclic) bond motifs is 3. The van der Waals surface area contributed by atoms with Gasteiger partial charge in [-0.15, -0.1) is 0 Å². The topological polar surface area (TPSA) is 34.2 Å². The third-order valence-electron chi connectivity index (χ3n) is 5.53. The molecule has 2 aliphatic heterocycles. The van der Waals surface area contributed by atoms with Crippen LogP contribution in [0.4, 0.5) is 5.69 Å². The summed E-state index contributed by atoms with van der Waals surface area (Å²) < 4.78 is 12.2. The molecule has 132 valence electrons. The standard InChI is InChI=1S/C20H24N2O3/c1-23-19-20(24-2)17(13-14-21(19)25-3)16-11-7-8-12-18(16)22(20)15-9-5-4-6-10-15/h4-14,16-19H,1-3H3. The normalized spacial score (nSPS) is 35.8. The van der Waals surface area contributed by atoms with Crippen LogP contribution < -0.4 is 4.90 Å². The molecule has 1 saturated heterocycles. The zero-order chi connectivity index (χ0) is 17.4. The lowest BCUT2D eigenvalue weighted by atomic mass is 9.81. The number of anilines is 1. The van der Waals surface area contributed by atoms with Crippen LogP contribution in [0.3, 0.4) is 0 Å². The van der Waals surface area contributed by atoms with Crippen molar-refractivity contribution in [3.05, 3.63) is 66.9 Å². The molecule has 1 aromatic rings. The summed E-state index contributed by atoms with van der Waals surface area (Å²) in [4.78, 5) is 7.89. The highest BCUT2D eigenvalue weighted by molar-refractivity contribution is 5.56. The summed E-state index contributed by atoms with van der Waals surface area (Å²) >= 11 is 0. The number of benzene rings is 1. The molecule has 25 heavy (non-hydrogen) atoms. The van der Waals surface area contributed by atoms with E-state index in [1.54, 1.807) is 26.4 Å². The van der Waals surface area contributed by atoms with Crippen molar-refractivity contribution in [3.8, 4) is 0 Å². The maximum Gasteiger partial charge on any atom is 0.201 e. The number of para-hydroxylation sites is 1. The molecule has 1 aromatic carbocycles. The summed E-state index contributed by atoms with van der Waals surface area (Å²) in [5, 5.41) is 1.72. The maximum absolute atomic E-state index is 6.26. The molecule has 0 N–H and O–H groups in total. The molecule has 1 aliphatic carbocycles. The average molecular weight is 340 g/mol. The van der Waals surface area contributed by atoms with E-state index in [4.69, 9.17) is 14.3 Å². The van der Waals surface area contributed by atoms with Gasteiger partial charge in [0.2, 0.25) is 6.23 Å². The lowest BCUT2D eigenvalue weighted by molar-refractivity contribution is -0.276. The molecule has 5 heteroatoms. The van der Waals surface area contributed by atoms with Crippen LogP contribution in [0.1, 0.15) is 0 Å². The number of nitrogens with zero attached hydrogens (tertiary/aromatic N) is 2. The molecule has 1 fully saturated rings. The van der Waals surface area contributed by atoms with Crippen molar-refractivity contribution in [1.82, 2.24) is 5.06 Å². The minimum atomic E-state index is -0.699. The number of hydrogen-bond donors (Lipinski definition) is 0. The smallest absolute Gasteiger partial charge is 0.201 e. The van der Waals surface area contributed by atoms with E-state index in [-0.39, 0.29) is 12.0 Å². The third-order valence-corrected chi connectivity index (χ3v) is 5.53. The lowest BCUT2D eigenvalue weighted by Gasteiger charge is -2.51. The van der Waals surface area contributed by atoms with Gasteiger partial charge in [-0.3, -0.25) is 4.84 Å². The van der Waals surface area contributed by atoms with Crippen LogP contribution in [0.25, 0.3) is 0 Å². The lowest BCUT2D eigenvalue weighted by Crippen LogP contribution is -2.65. The van der Waals surface area contributed by atoms with Crippen LogP contribution in [-0.4, -0.2) is 44.4 Å². The number of rotatable bonds is 4. The van der Waals surface area contributed by atoms with E-state index in [0.717, 1.165) is 5.69 Å². The molecule has 0 spiro atoms. The first kappa shape index (κ1) is 16.4. The van der Waals surface area contributed by atoms with E-state index >= 15 is 0 Å². The highest BCUT2D eigenvalue weighted by Gasteiger charge is 2.64. The number of hydroxylamine groups is 2. The van der Waals surface area contributed by atoms with E-state index in [0.29, 0.717) is 5.92 Å². The van der Waals surface area contributed by atoms with E-state index in [1.165, 1.54) is 0 Å². The van der Waals surface area contributed by atoms with Crippen LogP contribution in [0, 0.1) is 11.8 Å². The molecule has 4 rings (SSSR count). The average Bonchev–Trinajstić information content (AvgIpc) is 2.98. The molecule has 0 bridgehead atoms. The predicted molar refractivity (Wildman–Crippen MR) is 96.5 cm³/mol. The number of ether oxygens (including phenoxy) is 2. The van der Waals surface area contributed by atoms with Crippen molar-refractivity contribution < 1.29 is 14.3 Å². The van der Waals surface area contributed by atoms with Gasteiger partial charge in [-0.1, -0.05) is 48.6 Å². The molecule has 0 aromatic heterocycles. The molecule has 2 heterocycles. The van der Waals surface area contributed by atoms with Gasteiger partial charge in [0, 0.05) is 37.9 Å². The maximum atomic E-state index is 6.26. The Bertz CT molecular complexity index is 702. The van der Waals surface area contributed by atoms with E-state index in [1.807, 2.05) is 12.3 Å². The van der Waals surface area contributed by atoms with Gasteiger partial charge in [-0.25, -0.2) is 5.06 Å². The minimum absolute atomic E-state index is 0.139. The van der Waals surface area contributed by atoms with E-state index in [9.17, 15) is 0 Å². The van der Waals surface area contributed by atoms with Gasteiger partial charge in [0.25, 0.3) is 0 Å². The summed E-state index contributed by atoms with van der Waals surface area (Å²) in [5.41, 5.74) is 0.407. The summed E-state index contributed by atoms with van der Waals surface area (Å²) in [6.07, 6.45) is 12.5. The third kappa shape index (κ3) is 2.20. The van der Waals surface area contributed by atoms with Crippen LogP contribution in [0.15, 0.2) is 66.9 Å². The van der Waals surface area contributed by atoms with Gasteiger partial charge < -0.3 is 14.4 Å². The monoisotopic (exact) mass is 340 g/mol. The molecule has 0 radical (unpaired) electrons. The van der Waals surface area contributed by atoms with Crippen LogP contribution in [0.5, 0.6) is 0 Å². The summed E-state index contributed by atoms with van der Waals surface area (Å²) in [5.74, 6) is 0.443. The van der Waals surface area contributed by atoms with Crippen LogP contribution in [-0.2, 0) is 14.3 Å². The fourth-order valence-corrected chi connectivity index (χ4v) is 4.59. The van der Waals surface area contributed by atoms with E-state index in [2.05, 4.69) is 59.5 Å². The van der Waals surface area contributed by atoms with Crippen molar-refractivity contribution >= 4 is 5.69 Å². The van der Waals surface area contributed by atoms with Crippen LogP contribution >= 0.6 is 0 Å². The highest BCUT2D eigenvalue weighted by Crippen LogP contribution is 2.53. The fraction of sp³-hybridized carbons (Fsp3) is 0.400. The van der Waals surface area contributed by atoms with Gasteiger partial charge in [0.1, 0.15) is 0 Å². The first-order chi connectivity index (χ1) is 12.3. The first-order valence-electron chi connectivity index (χ1n) is 8.56. The Morgan fingerprint density at radius 1 is 0.960 bits per heavy atom. The Hall–Kier alpha value is -2.08. The van der Waals surface area contributed by atoms with Crippen molar-refractivity contribution in [2.45, 2.75) is 18.0 Å². The van der Waals surface area contributed by atoms with Crippen molar-refractivity contribution in [2.75, 3.05) is 26.2 Å². The largest absolute Gasteiger partial charge is 0.355 e. The molecule has 5 nitrogen and oxygen atoms in total. The molecule has 0 amide bonds. The zero-order valence-electron chi connectivity index (χ0n) is 14.8. The van der Waals surface area contributed by atoms with E-state index < -0.39 is 12.0 Å². The van der Waals surface area contributed by atoms with Crippen molar-refractivity contribution in [2.24, 2.45) is 11.8 Å². The second-order valence-electron chi connectivity index (χ2n) is 6.50. The van der Waals surface area contributed by atoms with Gasteiger partial charge >= 0.3 is 0 Å². The zero-order valence-corrected chi connectivity index (χ0v) is 14.8. The first-order valence-corrected chi connectivity index (χ1v) is 8.56. The molecule has 5 atom stereocenters. The van der Waals surface area contributed by atoms with Crippen LogP contribution in [0.2, 0.25) is 0 Å². The van der Waals surface area contributed by atoms with Gasteiger partial charge in [0.15, 0.2) is 5.72 Å². The van der Waals surface area contributed by atoms with Gasteiger partial charge in [-0.05, 0) is 12.1 Å². The van der Waals surface area contributed by atoms with Crippen molar-refractivity contribution in [3.63, 3.8) is 0 Å². The Morgan fingerprint density at radius 3 is 2.40 bits per heavy atom. The second kappa shape index (κ2) is 6.33. The molecular weight excluding hydrogens is 316 g/mol. The number of methoxy groups -OCH3 is 2. The molecule has 3 aliphatic rings. The fourth-order valence-electron chi connectivity index (χ4n) is 4.59. The highest BCUT2D eigenvalue weighted by atomic mass is 16.7. The Morgan fingerprint density at radius 2 is 1.72 bits per heavy atom. The minimum Gasteiger partial charge on any atom is -0.355 e. The number of allylic oxidation sites excluding steroid dienone is 2. The summed E-state index contributed by atoms with van der Waals surface area (Å²) in [7, 11) is 5.10. The van der Waals surface area contributed by atoms with Gasteiger partial charge in [-0.2, -0.15) is 0 Å². The molecule has 0 saturated carbocycles. The second-order valence-corrected chi connectivity index (χ2v) is 6.50. The quantitative estimate of drug-likeness (QED) is 0.842. The SMILES string of the molecule is COC1N(OC)C=CC2C3C=CC=CC3N(c3ccccc3)C21OC.